The van der Waals surface area contributed by atoms with Crippen molar-refractivity contribution >= 4 is 5.91 Å². The third-order valence-electron chi connectivity index (χ3n) is 4.73. The molecule has 1 saturated heterocycles. The van der Waals surface area contributed by atoms with Gasteiger partial charge in [0, 0.05) is 5.92 Å². The van der Waals surface area contributed by atoms with Crippen molar-refractivity contribution in [2.24, 2.45) is 11.8 Å². The highest BCUT2D eigenvalue weighted by Gasteiger charge is 2.30. The number of rotatable bonds is 6. The molecule has 0 saturated carbocycles. The van der Waals surface area contributed by atoms with Gasteiger partial charge >= 0.3 is 0 Å². The van der Waals surface area contributed by atoms with Crippen molar-refractivity contribution in [3.63, 3.8) is 0 Å². The average molecular weight is 308 g/mol. The summed E-state index contributed by atoms with van der Waals surface area (Å²) in [5.74, 6) is 0.669. The molecule has 2 atom stereocenters. The largest absolute Gasteiger partial charge is 0.349 e. The normalized spacial score (nSPS) is 17.1. The molecule has 0 bridgehead atoms. The number of nitrogens with one attached hydrogen (secondary N) is 2. The Balaban J connectivity index is 1.73. The fourth-order valence-corrected chi connectivity index (χ4v) is 2.97. The second kappa shape index (κ2) is 7.42. The summed E-state index contributed by atoms with van der Waals surface area (Å²) in [4.78, 5) is 12.6. The lowest BCUT2D eigenvalue weighted by Gasteiger charge is -2.33. The molecule has 3 rings (SSSR count). The highest BCUT2D eigenvalue weighted by molar-refractivity contribution is 5.79. The number of amides is 1. The molecule has 1 heterocycles. The minimum absolute atomic E-state index is 0.0154. The van der Waals surface area contributed by atoms with Crippen molar-refractivity contribution in [2.75, 3.05) is 13.1 Å². The molecule has 3 nitrogen and oxygen atoms in total. The van der Waals surface area contributed by atoms with Crippen LogP contribution in [-0.4, -0.2) is 19.0 Å². The van der Waals surface area contributed by atoms with Gasteiger partial charge < -0.3 is 10.6 Å². The van der Waals surface area contributed by atoms with E-state index in [1.165, 1.54) is 5.56 Å². The van der Waals surface area contributed by atoms with E-state index in [2.05, 4.69) is 34.9 Å². The van der Waals surface area contributed by atoms with Crippen molar-refractivity contribution in [3.05, 3.63) is 71.8 Å². The second-order valence-corrected chi connectivity index (χ2v) is 6.37. The van der Waals surface area contributed by atoms with Crippen LogP contribution in [0.4, 0.5) is 0 Å². The number of benzene rings is 2. The molecule has 0 aliphatic carbocycles. The van der Waals surface area contributed by atoms with Crippen LogP contribution in [0.2, 0.25) is 0 Å². The molecule has 1 amide bonds. The van der Waals surface area contributed by atoms with E-state index in [0.29, 0.717) is 5.92 Å². The Kier molecular flexibility index (Phi) is 5.09. The maximum atomic E-state index is 12.6. The predicted octanol–water partition coefficient (Wildman–Crippen LogP) is 2.94. The van der Waals surface area contributed by atoms with Crippen LogP contribution in [0.1, 0.15) is 24.1 Å². The molecule has 1 aliphatic rings. The van der Waals surface area contributed by atoms with E-state index in [1.807, 2.05) is 43.3 Å². The topological polar surface area (TPSA) is 41.1 Å². The Morgan fingerprint density at radius 1 is 1.09 bits per heavy atom. The van der Waals surface area contributed by atoms with Crippen molar-refractivity contribution in [2.45, 2.75) is 19.4 Å². The van der Waals surface area contributed by atoms with Gasteiger partial charge in [0.2, 0.25) is 5.91 Å². The van der Waals surface area contributed by atoms with Gasteiger partial charge in [0.15, 0.2) is 0 Å². The van der Waals surface area contributed by atoms with Crippen molar-refractivity contribution < 1.29 is 4.79 Å². The van der Waals surface area contributed by atoms with Crippen molar-refractivity contribution in [3.8, 4) is 0 Å². The molecule has 0 aromatic heterocycles. The molecule has 2 aromatic rings. The van der Waals surface area contributed by atoms with E-state index >= 15 is 0 Å². The lowest BCUT2D eigenvalue weighted by molar-refractivity contribution is -0.127. The van der Waals surface area contributed by atoms with E-state index in [-0.39, 0.29) is 17.9 Å². The van der Waals surface area contributed by atoms with Crippen LogP contribution in [0.5, 0.6) is 0 Å². The van der Waals surface area contributed by atoms with Crippen LogP contribution in [-0.2, 0) is 11.2 Å². The standard InChI is InChI=1S/C20H24N2O/c1-15(18-13-21-14-18)20(23)22-19(17-10-6-3-7-11-17)12-16-8-4-2-5-9-16/h2-11,15,18-19,21H,12-14H2,1H3,(H,22,23). The molecule has 1 aliphatic heterocycles. The van der Waals surface area contributed by atoms with E-state index < -0.39 is 0 Å². The Morgan fingerprint density at radius 2 is 1.70 bits per heavy atom. The van der Waals surface area contributed by atoms with Gasteiger partial charge in [-0.25, -0.2) is 0 Å². The highest BCUT2D eigenvalue weighted by Crippen LogP contribution is 2.21. The fraction of sp³-hybridized carbons (Fsp3) is 0.350. The van der Waals surface area contributed by atoms with Gasteiger partial charge in [0.1, 0.15) is 0 Å². The minimum Gasteiger partial charge on any atom is -0.349 e. The number of carbonyl (C=O) groups excluding carboxylic acids is 1. The van der Waals surface area contributed by atoms with Crippen LogP contribution in [0.25, 0.3) is 0 Å². The molecular weight excluding hydrogens is 284 g/mol. The van der Waals surface area contributed by atoms with Gasteiger partial charge in [-0.3, -0.25) is 4.79 Å². The number of hydrogen-bond donors (Lipinski definition) is 2. The van der Waals surface area contributed by atoms with Crippen LogP contribution >= 0.6 is 0 Å². The fourth-order valence-electron chi connectivity index (χ4n) is 2.97. The third-order valence-corrected chi connectivity index (χ3v) is 4.73. The third kappa shape index (κ3) is 3.99. The quantitative estimate of drug-likeness (QED) is 0.861. The SMILES string of the molecule is CC(C(=O)NC(Cc1ccccc1)c1ccccc1)C1CNC1. The molecule has 120 valence electrons. The first-order chi connectivity index (χ1) is 11.2. The number of hydrogen-bond acceptors (Lipinski definition) is 2. The molecule has 2 unspecified atom stereocenters. The van der Waals surface area contributed by atoms with Gasteiger partial charge in [0.25, 0.3) is 0 Å². The zero-order valence-electron chi connectivity index (χ0n) is 13.5. The molecule has 1 fully saturated rings. The summed E-state index contributed by atoms with van der Waals surface area (Å²) in [6, 6.07) is 20.6. The van der Waals surface area contributed by atoms with Gasteiger partial charge in [-0.1, -0.05) is 67.6 Å². The van der Waals surface area contributed by atoms with Crippen molar-refractivity contribution in [1.82, 2.24) is 10.6 Å². The summed E-state index contributed by atoms with van der Waals surface area (Å²) in [6.45, 7) is 3.93. The van der Waals surface area contributed by atoms with Crippen LogP contribution in [0, 0.1) is 11.8 Å². The minimum atomic E-state index is 0.0154. The Bertz CT molecular complexity index is 623. The second-order valence-electron chi connectivity index (χ2n) is 6.37. The summed E-state index contributed by atoms with van der Waals surface area (Å²) in [7, 11) is 0. The zero-order chi connectivity index (χ0) is 16.1. The molecule has 2 aromatic carbocycles. The van der Waals surface area contributed by atoms with E-state index in [4.69, 9.17) is 0 Å². The summed E-state index contributed by atoms with van der Waals surface area (Å²) >= 11 is 0. The lowest BCUT2D eigenvalue weighted by atomic mass is 9.87. The zero-order valence-corrected chi connectivity index (χ0v) is 13.5. The van der Waals surface area contributed by atoms with E-state index in [0.717, 1.165) is 25.1 Å². The smallest absolute Gasteiger partial charge is 0.223 e. The highest BCUT2D eigenvalue weighted by atomic mass is 16.1. The number of carbonyl (C=O) groups is 1. The molecule has 2 N–H and O–H groups in total. The first-order valence-corrected chi connectivity index (χ1v) is 8.34. The molecule has 23 heavy (non-hydrogen) atoms. The summed E-state index contributed by atoms with van der Waals surface area (Å²) < 4.78 is 0. The maximum absolute atomic E-state index is 12.6. The summed E-state index contributed by atoms with van der Waals surface area (Å²) in [5, 5.41) is 6.51. The molecule has 0 spiro atoms. The van der Waals surface area contributed by atoms with Crippen LogP contribution in [0.3, 0.4) is 0 Å². The molecule has 0 radical (unpaired) electrons. The Morgan fingerprint density at radius 3 is 2.26 bits per heavy atom. The average Bonchev–Trinajstić information content (AvgIpc) is 2.54. The molecule has 3 heteroatoms. The first kappa shape index (κ1) is 15.8. The Labute approximate surface area is 138 Å². The molecular formula is C20H24N2O. The van der Waals surface area contributed by atoms with Crippen molar-refractivity contribution in [1.29, 1.82) is 0 Å². The van der Waals surface area contributed by atoms with Gasteiger partial charge in [-0.2, -0.15) is 0 Å². The van der Waals surface area contributed by atoms with E-state index in [1.54, 1.807) is 0 Å². The summed E-state index contributed by atoms with van der Waals surface area (Å²) in [5.41, 5.74) is 2.39. The summed E-state index contributed by atoms with van der Waals surface area (Å²) in [6.07, 6.45) is 0.812. The monoisotopic (exact) mass is 308 g/mol. The van der Waals surface area contributed by atoms with Gasteiger partial charge in [-0.05, 0) is 36.6 Å². The maximum Gasteiger partial charge on any atom is 0.223 e. The van der Waals surface area contributed by atoms with Crippen LogP contribution in [0.15, 0.2) is 60.7 Å². The van der Waals surface area contributed by atoms with Gasteiger partial charge in [-0.15, -0.1) is 0 Å². The Hall–Kier alpha value is -2.13. The predicted molar refractivity (Wildman–Crippen MR) is 93.0 cm³/mol. The first-order valence-electron chi connectivity index (χ1n) is 8.34. The lowest BCUT2D eigenvalue weighted by Crippen LogP contribution is -2.50. The van der Waals surface area contributed by atoms with Gasteiger partial charge in [0.05, 0.1) is 6.04 Å². The van der Waals surface area contributed by atoms with E-state index in [9.17, 15) is 4.79 Å². The van der Waals surface area contributed by atoms with Crippen LogP contribution < -0.4 is 10.6 Å².